The van der Waals surface area contributed by atoms with Crippen LogP contribution in [-0.4, -0.2) is 5.78 Å². The van der Waals surface area contributed by atoms with Crippen molar-refractivity contribution < 1.29 is 4.79 Å². The molecule has 0 heterocycles. The van der Waals surface area contributed by atoms with Crippen LogP contribution in [0.3, 0.4) is 0 Å². The molecular weight excluding hydrogens is 184 g/mol. The molecular formula is C14H22O. The quantitative estimate of drug-likeness (QED) is 0.549. The van der Waals surface area contributed by atoms with Crippen molar-refractivity contribution >= 4 is 5.78 Å². The summed E-state index contributed by atoms with van der Waals surface area (Å²) in [5.74, 6) is 1.18. The largest absolute Gasteiger partial charge is 0.295 e. The first-order valence-corrected chi connectivity index (χ1v) is 5.78. The second-order valence-electron chi connectivity index (χ2n) is 5.56. The number of ketones is 1. The molecule has 0 aliphatic heterocycles. The molecule has 1 nitrogen and oxygen atoms in total. The number of rotatable bonds is 0. The molecule has 2 aliphatic rings. The Morgan fingerprint density at radius 1 is 1.47 bits per heavy atom. The van der Waals surface area contributed by atoms with Crippen LogP contribution >= 0.6 is 0 Å². The van der Waals surface area contributed by atoms with Gasteiger partial charge in [0.15, 0.2) is 5.78 Å². The van der Waals surface area contributed by atoms with Crippen LogP contribution in [0.4, 0.5) is 0 Å². The van der Waals surface area contributed by atoms with Gasteiger partial charge in [-0.25, -0.2) is 0 Å². The first-order chi connectivity index (χ1) is 6.89. The van der Waals surface area contributed by atoms with Crippen LogP contribution in [0, 0.1) is 11.3 Å². The predicted molar refractivity (Wildman–Crippen MR) is 64.7 cm³/mol. The highest BCUT2D eigenvalue weighted by Gasteiger charge is 2.22. The maximum atomic E-state index is 10.6. The molecule has 0 saturated heterocycles. The molecule has 0 aromatic carbocycles. The van der Waals surface area contributed by atoms with Crippen molar-refractivity contribution in [1.82, 2.24) is 0 Å². The van der Waals surface area contributed by atoms with E-state index in [0.29, 0.717) is 6.42 Å². The highest BCUT2D eigenvalue weighted by Crippen LogP contribution is 2.28. The van der Waals surface area contributed by atoms with E-state index in [1.807, 2.05) is 6.08 Å². The van der Waals surface area contributed by atoms with Gasteiger partial charge in [-0.15, -0.1) is 0 Å². The number of carbonyl (C=O) groups excluding carboxylic acids is 1. The zero-order valence-corrected chi connectivity index (χ0v) is 10.2. The Kier molecular flexibility index (Phi) is 3.90. The van der Waals surface area contributed by atoms with Gasteiger partial charge in [-0.05, 0) is 36.7 Å². The van der Waals surface area contributed by atoms with Gasteiger partial charge >= 0.3 is 0 Å². The fraction of sp³-hybridized carbons (Fsp3) is 0.643. The minimum absolute atomic E-state index is 0.136. The Morgan fingerprint density at radius 2 is 2.13 bits per heavy atom. The highest BCUT2D eigenvalue weighted by atomic mass is 16.1. The zero-order chi connectivity index (χ0) is 11.5. The molecule has 0 spiro atoms. The first-order valence-electron chi connectivity index (χ1n) is 5.78. The van der Waals surface area contributed by atoms with Crippen LogP contribution in [0.5, 0.6) is 0 Å². The van der Waals surface area contributed by atoms with Gasteiger partial charge < -0.3 is 0 Å². The summed E-state index contributed by atoms with van der Waals surface area (Å²) in [5.41, 5.74) is 1.59. The Bertz CT molecular complexity index is 284. The smallest absolute Gasteiger partial charge is 0.156 e. The second kappa shape index (κ2) is 4.78. The number of hydrogen-bond donors (Lipinski definition) is 0. The van der Waals surface area contributed by atoms with E-state index in [1.165, 1.54) is 24.8 Å². The van der Waals surface area contributed by atoms with Crippen molar-refractivity contribution in [3.05, 3.63) is 24.3 Å². The molecule has 84 valence electrons. The number of hydrogen-bond acceptors (Lipinski definition) is 1. The summed E-state index contributed by atoms with van der Waals surface area (Å²) in [7, 11) is 0. The van der Waals surface area contributed by atoms with Gasteiger partial charge in [0, 0.05) is 6.42 Å². The first kappa shape index (κ1) is 12.2. The fourth-order valence-electron chi connectivity index (χ4n) is 2.03. The lowest BCUT2D eigenvalue weighted by Gasteiger charge is -2.10. The van der Waals surface area contributed by atoms with E-state index in [9.17, 15) is 4.79 Å². The van der Waals surface area contributed by atoms with Crippen LogP contribution in [0.25, 0.3) is 0 Å². The molecule has 1 saturated carbocycles. The van der Waals surface area contributed by atoms with Crippen molar-refractivity contribution in [1.29, 1.82) is 0 Å². The van der Waals surface area contributed by atoms with E-state index >= 15 is 0 Å². The van der Waals surface area contributed by atoms with Gasteiger partial charge in [-0.1, -0.05) is 39.0 Å². The molecule has 15 heavy (non-hydrogen) atoms. The Morgan fingerprint density at radius 3 is 2.27 bits per heavy atom. The normalized spacial score (nSPS) is 27.8. The lowest BCUT2D eigenvalue weighted by molar-refractivity contribution is -0.114. The van der Waals surface area contributed by atoms with Crippen LogP contribution in [0.1, 0.15) is 46.5 Å². The van der Waals surface area contributed by atoms with Crippen molar-refractivity contribution in [3.63, 3.8) is 0 Å². The van der Waals surface area contributed by atoms with Crippen molar-refractivity contribution in [2.75, 3.05) is 0 Å². The third-order valence-electron chi connectivity index (χ3n) is 2.98. The Labute approximate surface area is 93.3 Å². The molecule has 0 bridgehead atoms. The van der Waals surface area contributed by atoms with Gasteiger partial charge in [-0.2, -0.15) is 0 Å². The second-order valence-corrected chi connectivity index (χ2v) is 5.56. The molecule has 1 fully saturated rings. The summed E-state index contributed by atoms with van der Waals surface area (Å²) in [4.78, 5) is 10.6. The van der Waals surface area contributed by atoms with E-state index in [-0.39, 0.29) is 11.2 Å². The van der Waals surface area contributed by atoms with E-state index in [4.69, 9.17) is 0 Å². The number of carbonyl (C=O) groups is 1. The predicted octanol–water partition coefficient (Wildman–Crippen LogP) is 3.90. The maximum absolute atomic E-state index is 10.6. The van der Waals surface area contributed by atoms with E-state index in [2.05, 4.69) is 27.4 Å². The summed E-state index contributed by atoms with van der Waals surface area (Å²) < 4.78 is 0. The van der Waals surface area contributed by atoms with Crippen LogP contribution in [0.2, 0.25) is 0 Å². The molecule has 0 radical (unpaired) electrons. The van der Waals surface area contributed by atoms with Gasteiger partial charge in [0.2, 0.25) is 0 Å². The monoisotopic (exact) mass is 206 g/mol. The Balaban J connectivity index is 0.000000151. The fourth-order valence-corrected chi connectivity index (χ4v) is 2.03. The molecule has 1 heteroatoms. The molecule has 0 aromatic rings. The van der Waals surface area contributed by atoms with Gasteiger partial charge in [0.1, 0.15) is 0 Å². The minimum Gasteiger partial charge on any atom is -0.295 e. The molecule has 1 unspecified atom stereocenters. The van der Waals surface area contributed by atoms with Gasteiger partial charge in [0.05, 0.1) is 0 Å². The standard InChI is InChI=1S/C7H10O.C7H12/c1-7(2)4-3-6(8)5-7;1-6-3-4-7(2)5-6/h3-4H,5H2,1-2H3;7H,1,3-5H2,2H3. The topological polar surface area (TPSA) is 17.1 Å². The lowest BCUT2D eigenvalue weighted by atomic mass is 9.93. The summed E-state index contributed by atoms with van der Waals surface area (Å²) in [6.07, 6.45) is 8.25. The van der Waals surface area contributed by atoms with E-state index in [1.54, 1.807) is 6.08 Å². The highest BCUT2D eigenvalue weighted by molar-refractivity contribution is 5.92. The maximum Gasteiger partial charge on any atom is 0.156 e. The number of allylic oxidation sites excluding steroid dienone is 3. The third-order valence-corrected chi connectivity index (χ3v) is 2.98. The summed E-state index contributed by atoms with van der Waals surface area (Å²) in [5, 5.41) is 0. The summed E-state index contributed by atoms with van der Waals surface area (Å²) in [6, 6.07) is 0. The SMILES string of the molecule is C=C1CCC(C)C1.CC1(C)C=CC(=O)C1. The van der Waals surface area contributed by atoms with Crippen LogP contribution in [-0.2, 0) is 4.79 Å². The summed E-state index contributed by atoms with van der Waals surface area (Å²) in [6.45, 7) is 10.3. The molecule has 2 rings (SSSR count). The average Bonchev–Trinajstić information content (AvgIpc) is 2.59. The third kappa shape index (κ3) is 4.46. The zero-order valence-electron chi connectivity index (χ0n) is 10.2. The van der Waals surface area contributed by atoms with Gasteiger partial charge in [-0.3, -0.25) is 4.79 Å². The van der Waals surface area contributed by atoms with Crippen molar-refractivity contribution in [2.45, 2.75) is 46.5 Å². The van der Waals surface area contributed by atoms with E-state index in [0.717, 1.165) is 5.92 Å². The van der Waals surface area contributed by atoms with E-state index < -0.39 is 0 Å². The van der Waals surface area contributed by atoms with Gasteiger partial charge in [0.25, 0.3) is 0 Å². The minimum atomic E-state index is 0.136. The average molecular weight is 206 g/mol. The molecule has 2 aliphatic carbocycles. The summed E-state index contributed by atoms with van der Waals surface area (Å²) >= 11 is 0. The van der Waals surface area contributed by atoms with Crippen LogP contribution in [0.15, 0.2) is 24.3 Å². The van der Waals surface area contributed by atoms with Crippen molar-refractivity contribution in [3.8, 4) is 0 Å². The van der Waals surface area contributed by atoms with Crippen LogP contribution < -0.4 is 0 Å². The van der Waals surface area contributed by atoms with Crippen molar-refractivity contribution in [2.24, 2.45) is 11.3 Å². The molecule has 0 N–H and O–H groups in total. The lowest BCUT2D eigenvalue weighted by Crippen LogP contribution is -2.04. The molecule has 0 aromatic heterocycles. The Hall–Kier alpha value is -0.850. The molecule has 0 amide bonds. The molecule has 1 atom stereocenters.